The van der Waals surface area contributed by atoms with Crippen molar-refractivity contribution in [3.63, 3.8) is 0 Å². The number of nitrogens with zero attached hydrogens (tertiary/aromatic N) is 1. The van der Waals surface area contributed by atoms with Crippen molar-refractivity contribution in [2.75, 3.05) is 12.3 Å². The molecule has 3 aromatic rings. The maximum Gasteiger partial charge on any atom is 0.287 e. The van der Waals surface area contributed by atoms with Crippen molar-refractivity contribution >= 4 is 17.7 Å². The van der Waals surface area contributed by atoms with Crippen molar-refractivity contribution in [1.82, 2.24) is 5.32 Å². The van der Waals surface area contributed by atoms with Crippen molar-refractivity contribution in [1.29, 1.82) is 5.26 Å². The number of furan rings is 1. The van der Waals surface area contributed by atoms with Gasteiger partial charge in [-0.25, -0.2) is 4.39 Å². The van der Waals surface area contributed by atoms with E-state index in [1.54, 1.807) is 42.1 Å². The van der Waals surface area contributed by atoms with E-state index in [0.29, 0.717) is 23.4 Å². The van der Waals surface area contributed by atoms with Gasteiger partial charge < -0.3 is 9.73 Å². The minimum Gasteiger partial charge on any atom is -0.451 e. The lowest BCUT2D eigenvalue weighted by Crippen LogP contribution is -2.25. The molecule has 0 aliphatic rings. The third-order valence-corrected chi connectivity index (χ3v) is 4.89. The summed E-state index contributed by atoms with van der Waals surface area (Å²) in [5, 5.41) is 11.9. The van der Waals surface area contributed by atoms with Crippen LogP contribution in [0.5, 0.6) is 0 Å². The normalized spacial score (nSPS) is 10.4. The van der Waals surface area contributed by atoms with Gasteiger partial charge in [-0.1, -0.05) is 18.2 Å². The predicted octanol–water partition coefficient (Wildman–Crippen LogP) is 4.62. The van der Waals surface area contributed by atoms with E-state index in [4.69, 9.17) is 9.68 Å². The number of nitriles is 1. The Bertz CT molecular complexity index is 961. The molecule has 0 atom stereocenters. The second-order valence-corrected chi connectivity index (χ2v) is 6.85. The SMILES string of the molecule is N#Cc1ccccc1CSCCNC(=O)c1ccc(-c2ccc(F)cc2)o1. The summed E-state index contributed by atoms with van der Waals surface area (Å²) in [5.41, 5.74) is 2.38. The van der Waals surface area contributed by atoms with E-state index in [2.05, 4.69) is 11.4 Å². The molecule has 1 heterocycles. The van der Waals surface area contributed by atoms with Crippen LogP contribution >= 0.6 is 11.8 Å². The van der Waals surface area contributed by atoms with E-state index in [-0.39, 0.29) is 17.5 Å². The first-order chi connectivity index (χ1) is 13.2. The first-order valence-electron chi connectivity index (χ1n) is 8.37. The molecule has 0 aliphatic heterocycles. The molecule has 2 aromatic carbocycles. The summed E-state index contributed by atoms with van der Waals surface area (Å²) < 4.78 is 18.5. The van der Waals surface area contributed by atoms with E-state index in [1.807, 2.05) is 18.2 Å². The van der Waals surface area contributed by atoms with Crippen LogP contribution in [0.1, 0.15) is 21.7 Å². The first-order valence-corrected chi connectivity index (χ1v) is 9.52. The van der Waals surface area contributed by atoms with Crippen molar-refractivity contribution in [3.05, 3.63) is 83.4 Å². The fourth-order valence-electron chi connectivity index (χ4n) is 2.49. The average molecular weight is 380 g/mol. The van der Waals surface area contributed by atoms with Gasteiger partial charge in [0.25, 0.3) is 5.91 Å². The van der Waals surface area contributed by atoms with Gasteiger partial charge in [-0.15, -0.1) is 0 Å². The van der Waals surface area contributed by atoms with E-state index in [9.17, 15) is 9.18 Å². The molecule has 1 amide bonds. The molecule has 0 saturated carbocycles. The maximum absolute atomic E-state index is 13.0. The van der Waals surface area contributed by atoms with Gasteiger partial charge in [0, 0.05) is 23.6 Å². The molecule has 0 unspecified atom stereocenters. The second kappa shape index (κ2) is 9.06. The summed E-state index contributed by atoms with van der Waals surface area (Å²) in [6, 6.07) is 18.9. The number of amides is 1. The summed E-state index contributed by atoms with van der Waals surface area (Å²) in [6.45, 7) is 0.491. The molecule has 3 rings (SSSR count). The lowest BCUT2D eigenvalue weighted by Gasteiger charge is -2.05. The third-order valence-electron chi connectivity index (χ3n) is 3.89. The smallest absolute Gasteiger partial charge is 0.287 e. The van der Waals surface area contributed by atoms with Crippen LogP contribution in [-0.4, -0.2) is 18.2 Å². The Morgan fingerprint density at radius 3 is 2.67 bits per heavy atom. The molecule has 6 heteroatoms. The Labute approximate surface area is 161 Å². The van der Waals surface area contributed by atoms with Crippen molar-refractivity contribution in [2.24, 2.45) is 0 Å². The fourth-order valence-corrected chi connectivity index (χ4v) is 3.35. The molecule has 0 bridgehead atoms. The molecule has 0 spiro atoms. The highest BCUT2D eigenvalue weighted by atomic mass is 32.2. The zero-order valence-corrected chi connectivity index (χ0v) is 15.3. The zero-order chi connectivity index (χ0) is 19.1. The predicted molar refractivity (Wildman–Crippen MR) is 104 cm³/mol. The van der Waals surface area contributed by atoms with E-state index in [1.165, 1.54) is 12.1 Å². The summed E-state index contributed by atoms with van der Waals surface area (Å²) in [7, 11) is 0. The third kappa shape index (κ3) is 4.99. The Hall–Kier alpha value is -3.04. The highest BCUT2D eigenvalue weighted by Gasteiger charge is 2.12. The Morgan fingerprint density at radius 2 is 1.89 bits per heavy atom. The summed E-state index contributed by atoms with van der Waals surface area (Å²) in [5.74, 6) is 1.56. The molecule has 0 fully saturated rings. The highest BCUT2D eigenvalue weighted by molar-refractivity contribution is 7.98. The number of carbonyl (C=O) groups excluding carboxylic acids is 1. The van der Waals surface area contributed by atoms with Gasteiger partial charge in [-0.05, 0) is 48.0 Å². The highest BCUT2D eigenvalue weighted by Crippen LogP contribution is 2.22. The number of nitrogens with one attached hydrogen (secondary N) is 1. The largest absolute Gasteiger partial charge is 0.451 e. The Balaban J connectivity index is 1.46. The van der Waals surface area contributed by atoms with Crippen LogP contribution in [-0.2, 0) is 5.75 Å². The fraction of sp³-hybridized carbons (Fsp3) is 0.143. The molecule has 136 valence electrons. The summed E-state index contributed by atoms with van der Waals surface area (Å²) in [6.07, 6.45) is 0. The Kier molecular flexibility index (Phi) is 6.29. The number of hydrogen-bond acceptors (Lipinski definition) is 4. The molecule has 0 radical (unpaired) electrons. The first kappa shape index (κ1) is 18.7. The van der Waals surface area contributed by atoms with Gasteiger partial charge in [-0.3, -0.25) is 4.79 Å². The number of rotatable bonds is 7. The van der Waals surface area contributed by atoms with Gasteiger partial charge >= 0.3 is 0 Å². The molecule has 4 nitrogen and oxygen atoms in total. The number of benzene rings is 2. The maximum atomic E-state index is 13.0. The minimum absolute atomic E-state index is 0.217. The molecule has 0 aliphatic carbocycles. The number of carbonyl (C=O) groups is 1. The molecule has 1 aromatic heterocycles. The quantitative estimate of drug-likeness (QED) is 0.608. The van der Waals surface area contributed by atoms with Crippen molar-refractivity contribution < 1.29 is 13.6 Å². The lowest BCUT2D eigenvalue weighted by molar-refractivity contribution is 0.0929. The second-order valence-electron chi connectivity index (χ2n) is 5.75. The summed E-state index contributed by atoms with van der Waals surface area (Å²) >= 11 is 1.64. The summed E-state index contributed by atoms with van der Waals surface area (Å²) in [4.78, 5) is 12.2. The number of halogens is 1. The van der Waals surface area contributed by atoms with Gasteiger partial charge in [0.2, 0.25) is 0 Å². The number of thioether (sulfide) groups is 1. The van der Waals surface area contributed by atoms with Crippen LogP contribution in [0.25, 0.3) is 11.3 Å². The van der Waals surface area contributed by atoms with Crippen molar-refractivity contribution in [2.45, 2.75) is 5.75 Å². The van der Waals surface area contributed by atoms with Crippen molar-refractivity contribution in [3.8, 4) is 17.4 Å². The monoisotopic (exact) mass is 380 g/mol. The molecule has 1 N–H and O–H groups in total. The van der Waals surface area contributed by atoms with Gasteiger partial charge in [0.05, 0.1) is 11.6 Å². The average Bonchev–Trinajstić information content (AvgIpc) is 3.19. The van der Waals surface area contributed by atoms with Gasteiger partial charge in [0.1, 0.15) is 11.6 Å². The van der Waals surface area contributed by atoms with Crippen LogP contribution in [0.4, 0.5) is 4.39 Å². The van der Waals surface area contributed by atoms with Gasteiger partial charge in [0.15, 0.2) is 5.76 Å². The van der Waals surface area contributed by atoms with E-state index in [0.717, 1.165) is 17.1 Å². The molecular weight excluding hydrogens is 363 g/mol. The standard InChI is InChI=1S/C21H17FN2O2S/c22-18-7-5-15(6-8-18)19-9-10-20(26-19)21(25)24-11-12-27-14-17-4-2-1-3-16(17)13-23/h1-10H,11-12,14H2,(H,24,25). The molecule has 0 saturated heterocycles. The van der Waals surface area contributed by atoms with Crippen LogP contribution in [0, 0.1) is 17.1 Å². The number of hydrogen-bond donors (Lipinski definition) is 1. The van der Waals surface area contributed by atoms with Crippen LogP contribution in [0.2, 0.25) is 0 Å². The van der Waals surface area contributed by atoms with E-state index >= 15 is 0 Å². The van der Waals surface area contributed by atoms with Crippen LogP contribution < -0.4 is 5.32 Å². The molecular formula is C21H17FN2O2S. The molecule has 27 heavy (non-hydrogen) atoms. The lowest BCUT2D eigenvalue weighted by atomic mass is 10.1. The Morgan fingerprint density at radius 1 is 1.11 bits per heavy atom. The topological polar surface area (TPSA) is 66.0 Å². The minimum atomic E-state index is -0.321. The zero-order valence-electron chi connectivity index (χ0n) is 14.4. The van der Waals surface area contributed by atoms with Gasteiger partial charge in [-0.2, -0.15) is 17.0 Å². The van der Waals surface area contributed by atoms with Crippen LogP contribution in [0.15, 0.2) is 65.1 Å². The van der Waals surface area contributed by atoms with Crippen LogP contribution in [0.3, 0.4) is 0 Å². The van der Waals surface area contributed by atoms with E-state index < -0.39 is 0 Å².